The molecular formula is C19H19ClN4O3S. The molecule has 0 spiro atoms. The van der Waals surface area contributed by atoms with Gasteiger partial charge in [0.15, 0.2) is 0 Å². The molecule has 2 amide bonds. The van der Waals surface area contributed by atoms with Crippen molar-refractivity contribution < 1.29 is 9.59 Å². The van der Waals surface area contributed by atoms with Gasteiger partial charge in [-0.1, -0.05) is 11.6 Å². The molecule has 0 radical (unpaired) electrons. The second-order valence-electron chi connectivity index (χ2n) is 6.38. The number of hydrogen-bond donors (Lipinski definition) is 2. The van der Waals surface area contributed by atoms with Crippen molar-refractivity contribution in [2.75, 3.05) is 10.6 Å². The van der Waals surface area contributed by atoms with Crippen molar-refractivity contribution in [3.63, 3.8) is 0 Å². The number of carbonyl (C=O) groups excluding carboxylic acids is 2. The van der Waals surface area contributed by atoms with Crippen LogP contribution in [0.3, 0.4) is 0 Å². The molecule has 28 heavy (non-hydrogen) atoms. The van der Waals surface area contributed by atoms with Crippen LogP contribution in [0, 0.1) is 13.8 Å². The lowest BCUT2D eigenvalue weighted by Gasteiger charge is -2.10. The minimum Gasteiger partial charge on any atom is -0.326 e. The zero-order valence-corrected chi connectivity index (χ0v) is 17.2. The third kappa shape index (κ3) is 4.23. The van der Waals surface area contributed by atoms with E-state index in [1.54, 1.807) is 18.2 Å². The molecule has 2 heterocycles. The predicted molar refractivity (Wildman–Crippen MR) is 112 cm³/mol. The summed E-state index contributed by atoms with van der Waals surface area (Å²) in [5, 5.41) is 6.27. The maximum absolute atomic E-state index is 12.6. The van der Waals surface area contributed by atoms with E-state index < -0.39 is 0 Å². The summed E-state index contributed by atoms with van der Waals surface area (Å²) in [6.45, 7) is 5.47. The summed E-state index contributed by atoms with van der Waals surface area (Å²) >= 11 is 7.60. The van der Waals surface area contributed by atoms with Crippen molar-refractivity contribution in [3.05, 3.63) is 50.3 Å². The SMILES string of the molecule is CC(=O)Nc1ccc(NC(=O)CCn2cnc3sc(C)c(C)c3c2=O)cc1Cl. The Morgan fingerprint density at radius 1 is 1.25 bits per heavy atom. The molecule has 0 aliphatic heterocycles. The second kappa shape index (κ2) is 8.12. The van der Waals surface area contributed by atoms with Crippen LogP contribution in [0.5, 0.6) is 0 Å². The number of fused-ring (bicyclic) bond motifs is 1. The zero-order chi connectivity index (χ0) is 20.4. The number of hydrogen-bond acceptors (Lipinski definition) is 5. The zero-order valence-electron chi connectivity index (χ0n) is 15.6. The number of thiophene rings is 1. The number of carbonyl (C=O) groups is 2. The summed E-state index contributed by atoms with van der Waals surface area (Å²) in [4.78, 5) is 42.1. The molecule has 1 aromatic carbocycles. The van der Waals surface area contributed by atoms with E-state index in [4.69, 9.17) is 11.6 Å². The molecule has 7 nitrogen and oxygen atoms in total. The van der Waals surface area contributed by atoms with E-state index in [1.165, 1.54) is 29.2 Å². The van der Waals surface area contributed by atoms with Crippen LogP contribution in [0.15, 0.2) is 29.3 Å². The van der Waals surface area contributed by atoms with Crippen molar-refractivity contribution >= 4 is 56.3 Å². The first-order valence-electron chi connectivity index (χ1n) is 8.58. The fourth-order valence-corrected chi connectivity index (χ4v) is 3.97. The number of anilines is 2. The number of nitrogens with zero attached hydrogens (tertiary/aromatic N) is 2. The van der Waals surface area contributed by atoms with Crippen LogP contribution in [0.25, 0.3) is 10.2 Å². The van der Waals surface area contributed by atoms with Gasteiger partial charge in [-0.15, -0.1) is 11.3 Å². The van der Waals surface area contributed by atoms with Gasteiger partial charge in [0.05, 0.1) is 22.4 Å². The molecule has 0 unspecified atom stereocenters. The molecular weight excluding hydrogens is 400 g/mol. The van der Waals surface area contributed by atoms with E-state index in [2.05, 4.69) is 15.6 Å². The normalized spacial score (nSPS) is 10.9. The summed E-state index contributed by atoms with van der Waals surface area (Å²) in [5.74, 6) is -0.487. The fourth-order valence-electron chi connectivity index (χ4n) is 2.76. The third-order valence-corrected chi connectivity index (χ3v) is 5.73. The minimum absolute atomic E-state index is 0.111. The van der Waals surface area contributed by atoms with Gasteiger partial charge >= 0.3 is 0 Å². The molecule has 9 heteroatoms. The van der Waals surface area contributed by atoms with E-state index in [0.29, 0.717) is 21.8 Å². The number of aryl methyl sites for hydroxylation is 3. The number of benzene rings is 1. The van der Waals surface area contributed by atoms with Crippen LogP contribution in [0.1, 0.15) is 23.8 Å². The monoisotopic (exact) mass is 418 g/mol. The molecule has 0 fully saturated rings. The Morgan fingerprint density at radius 3 is 2.68 bits per heavy atom. The molecule has 3 aromatic rings. The van der Waals surface area contributed by atoms with Gasteiger partial charge in [-0.05, 0) is 37.6 Å². The molecule has 0 aliphatic carbocycles. The first kappa shape index (κ1) is 20.0. The van der Waals surface area contributed by atoms with Crippen molar-refractivity contribution in [3.8, 4) is 0 Å². The van der Waals surface area contributed by atoms with Crippen LogP contribution in [-0.4, -0.2) is 21.4 Å². The second-order valence-corrected chi connectivity index (χ2v) is 7.99. The van der Waals surface area contributed by atoms with Gasteiger partial charge in [-0.25, -0.2) is 4.98 Å². The summed E-state index contributed by atoms with van der Waals surface area (Å²) in [6.07, 6.45) is 1.59. The average Bonchev–Trinajstić information content (AvgIpc) is 2.91. The smallest absolute Gasteiger partial charge is 0.262 e. The minimum atomic E-state index is -0.256. The van der Waals surface area contributed by atoms with Gasteiger partial charge in [0.1, 0.15) is 4.83 Å². The van der Waals surface area contributed by atoms with Crippen molar-refractivity contribution in [1.29, 1.82) is 0 Å². The lowest BCUT2D eigenvalue weighted by molar-refractivity contribution is -0.116. The number of rotatable bonds is 5. The van der Waals surface area contributed by atoms with Crippen molar-refractivity contribution in [2.24, 2.45) is 0 Å². The van der Waals surface area contributed by atoms with Gasteiger partial charge in [-0.3, -0.25) is 19.0 Å². The summed E-state index contributed by atoms with van der Waals surface area (Å²) < 4.78 is 1.45. The Bertz CT molecular complexity index is 1140. The highest BCUT2D eigenvalue weighted by molar-refractivity contribution is 7.18. The standard InChI is InChI=1S/C19H19ClN4O3S/c1-10-11(2)28-18-17(10)19(27)24(9-21-18)7-6-16(26)23-13-4-5-15(14(20)8-13)22-12(3)25/h4-5,8-9H,6-7H2,1-3H3,(H,22,25)(H,23,26). The quantitative estimate of drug-likeness (QED) is 0.660. The van der Waals surface area contributed by atoms with E-state index in [9.17, 15) is 14.4 Å². The Kier molecular flexibility index (Phi) is 5.81. The Morgan fingerprint density at radius 2 is 2.00 bits per heavy atom. The summed E-state index contributed by atoms with van der Waals surface area (Å²) in [7, 11) is 0. The highest BCUT2D eigenvalue weighted by atomic mass is 35.5. The maximum Gasteiger partial charge on any atom is 0.262 e. The average molecular weight is 419 g/mol. The molecule has 0 atom stereocenters. The lowest BCUT2D eigenvalue weighted by atomic mass is 10.2. The van der Waals surface area contributed by atoms with Crippen molar-refractivity contribution in [1.82, 2.24) is 9.55 Å². The molecule has 3 rings (SSSR count). The molecule has 0 aliphatic rings. The largest absolute Gasteiger partial charge is 0.326 e. The van der Waals surface area contributed by atoms with Crippen LogP contribution in [0.2, 0.25) is 5.02 Å². The summed E-state index contributed by atoms with van der Waals surface area (Å²) in [6, 6.07) is 4.82. The number of nitrogens with one attached hydrogen (secondary N) is 2. The summed E-state index contributed by atoms with van der Waals surface area (Å²) in [5.41, 5.74) is 1.78. The molecule has 2 N–H and O–H groups in total. The molecule has 0 saturated heterocycles. The lowest BCUT2D eigenvalue weighted by Crippen LogP contribution is -2.23. The number of aromatic nitrogens is 2. The molecule has 0 bridgehead atoms. The Labute approximate surface area is 170 Å². The molecule has 146 valence electrons. The highest BCUT2D eigenvalue weighted by Gasteiger charge is 2.13. The topological polar surface area (TPSA) is 93.1 Å². The van der Waals surface area contributed by atoms with E-state index in [-0.39, 0.29) is 30.3 Å². The van der Waals surface area contributed by atoms with E-state index in [0.717, 1.165) is 15.3 Å². The van der Waals surface area contributed by atoms with Gasteiger partial charge in [0, 0.05) is 30.5 Å². The third-order valence-electron chi connectivity index (χ3n) is 4.30. The van der Waals surface area contributed by atoms with E-state index >= 15 is 0 Å². The highest BCUT2D eigenvalue weighted by Crippen LogP contribution is 2.26. The van der Waals surface area contributed by atoms with Gasteiger partial charge in [-0.2, -0.15) is 0 Å². The van der Waals surface area contributed by atoms with Crippen molar-refractivity contribution in [2.45, 2.75) is 33.7 Å². The van der Waals surface area contributed by atoms with Crippen LogP contribution >= 0.6 is 22.9 Å². The fraction of sp³-hybridized carbons (Fsp3) is 0.263. The van der Waals surface area contributed by atoms with Crippen LogP contribution in [-0.2, 0) is 16.1 Å². The van der Waals surface area contributed by atoms with Crippen LogP contribution < -0.4 is 16.2 Å². The Hall–Kier alpha value is -2.71. The first-order valence-corrected chi connectivity index (χ1v) is 9.78. The number of halogens is 1. The number of amides is 2. The Balaban J connectivity index is 1.68. The maximum atomic E-state index is 12.6. The molecule has 2 aromatic heterocycles. The van der Waals surface area contributed by atoms with Crippen LogP contribution in [0.4, 0.5) is 11.4 Å². The van der Waals surface area contributed by atoms with Gasteiger partial charge in [0.2, 0.25) is 11.8 Å². The predicted octanol–water partition coefficient (Wildman–Crippen LogP) is 3.72. The van der Waals surface area contributed by atoms with E-state index in [1.807, 2.05) is 13.8 Å². The first-order chi connectivity index (χ1) is 13.3. The van der Waals surface area contributed by atoms with Gasteiger partial charge in [0.25, 0.3) is 5.56 Å². The van der Waals surface area contributed by atoms with Gasteiger partial charge < -0.3 is 10.6 Å². The molecule has 0 saturated carbocycles.